The van der Waals surface area contributed by atoms with Crippen molar-refractivity contribution in [3.05, 3.63) is 23.9 Å². The van der Waals surface area contributed by atoms with Crippen LogP contribution in [0.4, 0.5) is 5.82 Å². The van der Waals surface area contributed by atoms with E-state index < -0.39 is 0 Å². The first-order chi connectivity index (χ1) is 7.19. The molecule has 1 rings (SSSR count). The third-order valence-electron chi connectivity index (χ3n) is 2.42. The molecule has 1 unspecified atom stereocenters. The van der Waals surface area contributed by atoms with E-state index >= 15 is 0 Å². The maximum atomic E-state index is 9.01. The van der Waals surface area contributed by atoms with E-state index in [1.165, 1.54) is 0 Å². The molecule has 0 fully saturated rings. The minimum Gasteiger partial charge on any atom is -0.392 e. The quantitative estimate of drug-likeness (QED) is 0.789. The van der Waals surface area contributed by atoms with Crippen LogP contribution >= 0.6 is 0 Å². The van der Waals surface area contributed by atoms with Gasteiger partial charge in [0.25, 0.3) is 0 Å². The van der Waals surface area contributed by atoms with E-state index in [-0.39, 0.29) is 12.6 Å². The Morgan fingerprint density at radius 1 is 1.60 bits per heavy atom. The van der Waals surface area contributed by atoms with Crippen molar-refractivity contribution < 1.29 is 9.84 Å². The summed E-state index contributed by atoms with van der Waals surface area (Å²) in [5.41, 5.74) is 0.872. The molecule has 0 aliphatic carbocycles. The van der Waals surface area contributed by atoms with Gasteiger partial charge >= 0.3 is 0 Å². The summed E-state index contributed by atoms with van der Waals surface area (Å²) < 4.78 is 5.08. The van der Waals surface area contributed by atoms with E-state index in [0.29, 0.717) is 6.61 Å². The third kappa shape index (κ3) is 3.18. The normalized spacial score (nSPS) is 12.5. The molecule has 0 saturated heterocycles. The standard InChI is InChI=1S/C11H18N2O2/c1-9(8-15-3)13(2)11-6-10(7-14)4-5-12-11/h4-6,9,14H,7-8H2,1-3H3. The predicted octanol–water partition coefficient (Wildman–Crippen LogP) is 1.05. The van der Waals surface area contributed by atoms with Crippen molar-refractivity contribution in [2.45, 2.75) is 19.6 Å². The van der Waals surface area contributed by atoms with Crippen molar-refractivity contribution in [1.29, 1.82) is 0 Å². The molecular formula is C11H18N2O2. The Balaban J connectivity index is 2.76. The number of rotatable bonds is 5. The highest BCUT2D eigenvalue weighted by molar-refractivity contribution is 5.40. The largest absolute Gasteiger partial charge is 0.392 e. The van der Waals surface area contributed by atoms with Crippen LogP contribution in [-0.2, 0) is 11.3 Å². The van der Waals surface area contributed by atoms with Crippen LogP contribution in [-0.4, -0.2) is 36.9 Å². The van der Waals surface area contributed by atoms with Crippen LogP contribution in [0.25, 0.3) is 0 Å². The molecule has 4 nitrogen and oxygen atoms in total. The van der Waals surface area contributed by atoms with Crippen LogP contribution in [0, 0.1) is 0 Å². The zero-order valence-electron chi connectivity index (χ0n) is 9.47. The highest BCUT2D eigenvalue weighted by Crippen LogP contribution is 2.13. The van der Waals surface area contributed by atoms with Gasteiger partial charge in [0.15, 0.2) is 0 Å². The first-order valence-corrected chi connectivity index (χ1v) is 4.96. The topological polar surface area (TPSA) is 45.6 Å². The fourth-order valence-electron chi connectivity index (χ4n) is 1.33. The molecule has 0 bridgehead atoms. The Bertz CT molecular complexity index is 304. The summed E-state index contributed by atoms with van der Waals surface area (Å²) in [6, 6.07) is 3.95. The number of hydrogen-bond donors (Lipinski definition) is 1. The van der Waals surface area contributed by atoms with E-state index in [1.54, 1.807) is 19.4 Å². The maximum absolute atomic E-state index is 9.01. The summed E-state index contributed by atoms with van der Waals surface area (Å²) in [6.07, 6.45) is 1.71. The van der Waals surface area contributed by atoms with Gasteiger partial charge in [0.1, 0.15) is 5.82 Å². The van der Waals surface area contributed by atoms with Crippen LogP contribution in [0.15, 0.2) is 18.3 Å². The van der Waals surface area contributed by atoms with E-state index in [1.807, 2.05) is 18.0 Å². The molecule has 0 saturated carbocycles. The number of anilines is 1. The fourth-order valence-corrected chi connectivity index (χ4v) is 1.33. The number of methoxy groups -OCH3 is 1. The SMILES string of the molecule is COCC(C)N(C)c1cc(CO)ccn1. The number of likely N-dealkylation sites (N-methyl/N-ethyl adjacent to an activating group) is 1. The van der Waals surface area contributed by atoms with Crippen molar-refractivity contribution in [3.63, 3.8) is 0 Å². The number of nitrogens with zero attached hydrogens (tertiary/aromatic N) is 2. The van der Waals surface area contributed by atoms with Crippen LogP contribution < -0.4 is 4.90 Å². The molecule has 1 aromatic heterocycles. The second-order valence-corrected chi connectivity index (χ2v) is 3.60. The van der Waals surface area contributed by atoms with Crippen LogP contribution in [0.1, 0.15) is 12.5 Å². The molecule has 1 aromatic rings. The fraction of sp³-hybridized carbons (Fsp3) is 0.545. The number of aliphatic hydroxyl groups excluding tert-OH is 1. The Labute approximate surface area is 90.5 Å². The van der Waals surface area contributed by atoms with Crippen molar-refractivity contribution in [2.75, 3.05) is 25.7 Å². The molecule has 1 heterocycles. The zero-order chi connectivity index (χ0) is 11.3. The minimum absolute atomic E-state index is 0.0437. The number of pyridine rings is 1. The minimum atomic E-state index is 0.0437. The second-order valence-electron chi connectivity index (χ2n) is 3.60. The summed E-state index contributed by atoms with van der Waals surface area (Å²) >= 11 is 0. The van der Waals surface area contributed by atoms with Crippen LogP contribution in [0.3, 0.4) is 0 Å². The molecule has 0 radical (unpaired) electrons. The summed E-state index contributed by atoms with van der Waals surface area (Å²) in [5.74, 6) is 0.853. The molecule has 84 valence electrons. The van der Waals surface area contributed by atoms with Gasteiger partial charge in [-0.15, -0.1) is 0 Å². The molecule has 1 atom stereocenters. The van der Waals surface area contributed by atoms with Gasteiger partial charge in [-0.2, -0.15) is 0 Å². The third-order valence-corrected chi connectivity index (χ3v) is 2.42. The van der Waals surface area contributed by atoms with Gasteiger partial charge in [-0.25, -0.2) is 4.98 Å². The molecule has 0 amide bonds. The lowest BCUT2D eigenvalue weighted by Gasteiger charge is -2.25. The van der Waals surface area contributed by atoms with E-state index in [0.717, 1.165) is 11.4 Å². The molecule has 0 aromatic carbocycles. The van der Waals surface area contributed by atoms with Gasteiger partial charge < -0.3 is 14.7 Å². The number of hydrogen-bond acceptors (Lipinski definition) is 4. The smallest absolute Gasteiger partial charge is 0.128 e. The summed E-state index contributed by atoms with van der Waals surface area (Å²) in [5, 5.41) is 9.01. The van der Waals surface area contributed by atoms with Crippen molar-refractivity contribution >= 4 is 5.82 Å². The van der Waals surface area contributed by atoms with Gasteiger partial charge in [-0.1, -0.05) is 0 Å². The first kappa shape index (κ1) is 11.9. The monoisotopic (exact) mass is 210 g/mol. The molecule has 1 N–H and O–H groups in total. The second kappa shape index (κ2) is 5.68. The van der Waals surface area contributed by atoms with Gasteiger partial charge in [0, 0.05) is 20.4 Å². The molecule has 0 spiro atoms. The van der Waals surface area contributed by atoms with Gasteiger partial charge in [0.2, 0.25) is 0 Å². The Morgan fingerprint density at radius 3 is 2.93 bits per heavy atom. The lowest BCUT2D eigenvalue weighted by molar-refractivity contribution is 0.183. The molecule has 15 heavy (non-hydrogen) atoms. The molecule has 0 aliphatic heterocycles. The highest BCUT2D eigenvalue weighted by atomic mass is 16.5. The van der Waals surface area contributed by atoms with Crippen molar-refractivity contribution in [1.82, 2.24) is 4.98 Å². The van der Waals surface area contributed by atoms with E-state index in [4.69, 9.17) is 9.84 Å². The van der Waals surface area contributed by atoms with Crippen LogP contribution in [0.5, 0.6) is 0 Å². The zero-order valence-corrected chi connectivity index (χ0v) is 9.47. The molecule has 4 heteroatoms. The van der Waals surface area contributed by atoms with Gasteiger partial charge in [-0.3, -0.25) is 0 Å². The maximum Gasteiger partial charge on any atom is 0.128 e. The Hall–Kier alpha value is -1.13. The molecule has 0 aliphatic rings. The molecular weight excluding hydrogens is 192 g/mol. The van der Waals surface area contributed by atoms with Crippen molar-refractivity contribution in [2.24, 2.45) is 0 Å². The van der Waals surface area contributed by atoms with E-state index in [9.17, 15) is 0 Å². The van der Waals surface area contributed by atoms with Gasteiger partial charge in [0.05, 0.1) is 19.3 Å². The average Bonchev–Trinajstić information content (AvgIpc) is 2.28. The number of aliphatic hydroxyl groups is 1. The average molecular weight is 210 g/mol. The highest BCUT2D eigenvalue weighted by Gasteiger charge is 2.10. The predicted molar refractivity (Wildman–Crippen MR) is 59.9 cm³/mol. The number of ether oxygens (including phenoxy) is 1. The lowest BCUT2D eigenvalue weighted by Crippen LogP contribution is -2.33. The van der Waals surface area contributed by atoms with Crippen LogP contribution in [0.2, 0.25) is 0 Å². The first-order valence-electron chi connectivity index (χ1n) is 4.96. The summed E-state index contributed by atoms with van der Waals surface area (Å²) in [4.78, 5) is 6.28. The van der Waals surface area contributed by atoms with Crippen molar-refractivity contribution in [3.8, 4) is 0 Å². The lowest BCUT2D eigenvalue weighted by atomic mass is 10.2. The van der Waals surface area contributed by atoms with Gasteiger partial charge in [-0.05, 0) is 24.6 Å². The Morgan fingerprint density at radius 2 is 2.33 bits per heavy atom. The number of aromatic nitrogens is 1. The summed E-state index contributed by atoms with van der Waals surface area (Å²) in [7, 11) is 3.65. The Kier molecular flexibility index (Phi) is 4.52. The summed E-state index contributed by atoms with van der Waals surface area (Å²) in [6.45, 7) is 2.76. The van der Waals surface area contributed by atoms with E-state index in [2.05, 4.69) is 11.9 Å².